The quantitative estimate of drug-likeness (QED) is 0.500. The van der Waals surface area contributed by atoms with E-state index in [0.29, 0.717) is 18.6 Å². The molecule has 0 spiro atoms. The zero-order chi connectivity index (χ0) is 10.6. The van der Waals surface area contributed by atoms with Crippen molar-refractivity contribution in [2.45, 2.75) is 19.8 Å². The van der Waals surface area contributed by atoms with E-state index in [0.717, 1.165) is 6.42 Å². The van der Waals surface area contributed by atoms with Crippen molar-refractivity contribution < 1.29 is 19.6 Å². The molecule has 0 unspecified atom stereocenters. The molecule has 0 heterocycles. The highest BCUT2D eigenvalue weighted by Crippen LogP contribution is 2.20. The Morgan fingerprint density at radius 1 is 1.64 bits per heavy atom. The van der Waals surface area contributed by atoms with Gasteiger partial charge in [-0.05, 0) is 25.2 Å². The molecule has 4 nitrogen and oxygen atoms in total. The lowest BCUT2D eigenvalue weighted by molar-refractivity contribution is -0.138. The SMILES string of the molecule is CCOC(=O)C1=C(B(O)O)C=CCC1. The summed E-state index contributed by atoms with van der Waals surface area (Å²) in [6.45, 7) is 2.01. The van der Waals surface area contributed by atoms with E-state index < -0.39 is 13.1 Å². The highest BCUT2D eigenvalue weighted by atomic mass is 16.5. The lowest BCUT2D eigenvalue weighted by atomic mass is 9.73. The van der Waals surface area contributed by atoms with E-state index in [1.165, 1.54) is 0 Å². The standard InChI is InChI=1S/C9H13BO4/c1-2-14-9(11)7-5-3-4-6-8(7)10(12)13/h4,6,12-13H,2-3,5H2,1H3. The minimum absolute atomic E-state index is 0.245. The zero-order valence-electron chi connectivity index (χ0n) is 8.06. The molecule has 0 fully saturated rings. The van der Waals surface area contributed by atoms with Crippen LogP contribution in [0.4, 0.5) is 0 Å². The molecule has 0 atom stereocenters. The molecule has 0 radical (unpaired) electrons. The first-order chi connectivity index (χ1) is 6.66. The Labute approximate surface area is 83.0 Å². The van der Waals surface area contributed by atoms with Gasteiger partial charge in [0.2, 0.25) is 0 Å². The first kappa shape index (κ1) is 11.0. The lowest BCUT2D eigenvalue weighted by Gasteiger charge is -2.13. The summed E-state index contributed by atoms with van der Waals surface area (Å²) in [6.07, 6.45) is 4.59. The number of hydrogen-bond donors (Lipinski definition) is 2. The smallest absolute Gasteiger partial charge is 0.463 e. The third kappa shape index (κ3) is 2.46. The summed E-state index contributed by atoms with van der Waals surface area (Å²) in [4.78, 5) is 11.4. The normalized spacial score (nSPS) is 15.6. The molecule has 1 aliphatic carbocycles. The van der Waals surface area contributed by atoms with Gasteiger partial charge in [-0.2, -0.15) is 0 Å². The maximum Gasteiger partial charge on any atom is 0.488 e. The molecule has 0 aromatic heterocycles. The second kappa shape index (κ2) is 4.98. The Morgan fingerprint density at radius 2 is 2.36 bits per heavy atom. The minimum Gasteiger partial charge on any atom is -0.463 e. The van der Waals surface area contributed by atoms with Gasteiger partial charge >= 0.3 is 13.1 Å². The zero-order valence-corrected chi connectivity index (χ0v) is 8.06. The molecule has 0 aliphatic heterocycles. The fourth-order valence-corrected chi connectivity index (χ4v) is 1.36. The average Bonchev–Trinajstić information content (AvgIpc) is 2.18. The highest BCUT2D eigenvalue weighted by molar-refractivity contribution is 6.52. The maximum absolute atomic E-state index is 11.4. The van der Waals surface area contributed by atoms with E-state index in [2.05, 4.69) is 0 Å². The Bertz CT molecular complexity index is 281. The van der Waals surface area contributed by atoms with Crippen molar-refractivity contribution in [1.29, 1.82) is 0 Å². The third-order valence-corrected chi connectivity index (χ3v) is 2.01. The summed E-state index contributed by atoms with van der Waals surface area (Å²) < 4.78 is 4.81. The molecule has 14 heavy (non-hydrogen) atoms. The molecule has 0 amide bonds. The number of hydrogen-bond acceptors (Lipinski definition) is 4. The molecule has 1 rings (SSSR count). The predicted octanol–water partition coefficient (Wildman–Crippen LogP) is 0.208. The number of rotatable bonds is 3. The van der Waals surface area contributed by atoms with Gasteiger partial charge in [-0.25, -0.2) is 4.79 Å². The summed E-state index contributed by atoms with van der Waals surface area (Å²) in [6, 6.07) is 0. The van der Waals surface area contributed by atoms with Crippen LogP contribution in [0, 0.1) is 0 Å². The van der Waals surface area contributed by atoms with Gasteiger partial charge in [0.1, 0.15) is 0 Å². The van der Waals surface area contributed by atoms with E-state index >= 15 is 0 Å². The fourth-order valence-electron chi connectivity index (χ4n) is 1.36. The van der Waals surface area contributed by atoms with E-state index in [4.69, 9.17) is 14.8 Å². The van der Waals surface area contributed by atoms with Crippen molar-refractivity contribution in [1.82, 2.24) is 0 Å². The van der Waals surface area contributed by atoms with Gasteiger partial charge in [-0.3, -0.25) is 0 Å². The fraction of sp³-hybridized carbons (Fsp3) is 0.444. The summed E-state index contributed by atoms with van der Waals surface area (Å²) in [5, 5.41) is 18.0. The van der Waals surface area contributed by atoms with Crippen LogP contribution in [0.5, 0.6) is 0 Å². The maximum atomic E-state index is 11.4. The number of esters is 1. The van der Waals surface area contributed by atoms with Crippen molar-refractivity contribution >= 4 is 13.1 Å². The molecule has 0 saturated carbocycles. The highest BCUT2D eigenvalue weighted by Gasteiger charge is 2.24. The number of carbonyl (C=O) groups excluding carboxylic acids is 1. The monoisotopic (exact) mass is 196 g/mol. The summed E-state index contributed by atoms with van der Waals surface area (Å²) in [5.41, 5.74) is 0.610. The van der Waals surface area contributed by atoms with Crippen LogP contribution in [0.2, 0.25) is 0 Å². The molecule has 1 aliphatic rings. The molecular weight excluding hydrogens is 183 g/mol. The second-order valence-corrected chi connectivity index (χ2v) is 2.97. The van der Waals surface area contributed by atoms with Crippen molar-refractivity contribution in [3.8, 4) is 0 Å². The lowest BCUT2D eigenvalue weighted by Crippen LogP contribution is -2.22. The van der Waals surface area contributed by atoms with Crippen LogP contribution < -0.4 is 0 Å². The molecule has 2 N–H and O–H groups in total. The predicted molar refractivity (Wildman–Crippen MR) is 52.2 cm³/mol. The topological polar surface area (TPSA) is 66.8 Å². The largest absolute Gasteiger partial charge is 0.488 e. The van der Waals surface area contributed by atoms with Gasteiger partial charge in [0.05, 0.1) is 6.61 Å². The third-order valence-electron chi connectivity index (χ3n) is 2.01. The van der Waals surface area contributed by atoms with Crippen LogP contribution >= 0.6 is 0 Å². The molecule has 0 bridgehead atoms. The molecule has 0 aromatic rings. The van der Waals surface area contributed by atoms with Crippen LogP contribution in [0.25, 0.3) is 0 Å². The van der Waals surface area contributed by atoms with Crippen LogP contribution in [-0.4, -0.2) is 29.7 Å². The van der Waals surface area contributed by atoms with Gasteiger partial charge in [0.15, 0.2) is 0 Å². The Morgan fingerprint density at radius 3 is 2.93 bits per heavy atom. The Balaban J connectivity index is 2.89. The van der Waals surface area contributed by atoms with Gasteiger partial charge in [-0.1, -0.05) is 12.2 Å². The Kier molecular flexibility index (Phi) is 3.91. The van der Waals surface area contributed by atoms with Crippen LogP contribution in [-0.2, 0) is 9.53 Å². The van der Waals surface area contributed by atoms with Crippen LogP contribution in [0.3, 0.4) is 0 Å². The molecule has 76 valence electrons. The average molecular weight is 196 g/mol. The summed E-state index contributed by atoms with van der Waals surface area (Å²) in [7, 11) is -1.61. The van der Waals surface area contributed by atoms with Gasteiger partial charge < -0.3 is 14.8 Å². The van der Waals surface area contributed by atoms with E-state index in [1.807, 2.05) is 0 Å². The number of ether oxygens (including phenoxy) is 1. The first-order valence-electron chi connectivity index (χ1n) is 4.59. The van der Waals surface area contributed by atoms with Crippen molar-refractivity contribution in [3.05, 3.63) is 23.2 Å². The molecule has 0 aromatic carbocycles. The van der Waals surface area contributed by atoms with Crippen molar-refractivity contribution in [2.75, 3.05) is 6.61 Å². The van der Waals surface area contributed by atoms with Gasteiger partial charge in [0.25, 0.3) is 0 Å². The number of carbonyl (C=O) groups is 1. The van der Waals surface area contributed by atoms with E-state index in [-0.39, 0.29) is 5.47 Å². The molecule has 5 heteroatoms. The van der Waals surface area contributed by atoms with E-state index in [9.17, 15) is 4.79 Å². The first-order valence-corrected chi connectivity index (χ1v) is 4.59. The molecular formula is C9H13BO4. The molecule has 0 saturated heterocycles. The summed E-state index contributed by atoms with van der Waals surface area (Å²) in [5.74, 6) is -0.458. The van der Waals surface area contributed by atoms with Gasteiger partial charge in [-0.15, -0.1) is 0 Å². The van der Waals surface area contributed by atoms with E-state index in [1.54, 1.807) is 19.1 Å². The van der Waals surface area contributed by atoms with Crippen LogP contribution in [0.1, 0.15) is 19.8 Å². The van der Waals surface area contributed by atoms with Crippen molar-refractivity contribution in [2.24, 2.45) is 0 Å². The number of allylic oxidation sites excluding steroid dienone is 3. The van der Waals surface area contributed by atoms with Crippen molar-refractivity contribution in [3.63, 3.8) is 0 Å². The minimum atomic E-state index is -1.61. The summed E-state index contributed by atoms with van der Waals surface area (Å²) >= 11 is 0. The van der Waals surface area contributed by atoms with Crippen LogP contribution in [0.15, 0.2) is 23.2 Å². The second-order valence-electron chi connectivity index (χ2n) is 2.97. The Hall–Kier alpha value is -1.07. The van der Waals surface area contributed by atoms with Gasteiger partial charge in [0, 0.05) is 5.57 Å².